The lowest BCUT2D eigenvalue weighted by Gasteiger charge is -2.15. The van der Waals surface area contributed by atoms with E-state index < -0.39 is 17.9 Å². The summed E-state index contributed by atoms with van der Waals surface area (Å²) in [6.45, 7) is 4.14. The molecule has 0 heterocycles. The molecule has 1 amide bonds. The number of rotatable bonds is 7. The van der Waals surface area contributed by atoms with Crippen molar-refractivity contribution in [2.45, 2.75) is 32.7 Å². The third-order valence-corrected chi connectivity index (χ3v) is 2.61. The first kappa shape index (κ1) is 15.0. The lowest BCUT2D eigenvalue weighted by Crippen LogP contribution is -2.40. The normalized spacial score (nSPS) is 11.7. The molecular formula is C14H19NO4. The van der Waals surface area contributed by atoms with E-state index in [4.69, 9.17) is 9.84 Å². The summed E-state index contributed by atoms with van der Waals surface area (Å²) in [4.78, 5) is 23.1. The third kappa shape index (κ3) is 4.28. The summed E-state index contributed by atoms with van der Waals surface area (Å²) in [5, 5.41) is 11.5. The van der Waals surface area contributed by atoms with Gasteiger partial charge in [0.1, 0.15) is 11.8 Å². The number of benzene rings is 1. The topological polar surface area (TPSA) is 75.6 Å². The summed E-state index contributed by atoms with van der Waals surface area (Å²) in [5.74, 6) is -0.989. The van der Waals surface area contributed by atoms with Gasteiger partial charge in [-0.1, -0.05) is 25.5 Å². The van der Waals surface area contributed by atoms with Gasteiger partial charge in [0, 0.05) is 0 Å². The van der Waals surface area contributed by atoms with Crippen molar-refractivity contribution in [2.24, 2.45) is 0 Å². The number of ether oxygens (including phenoxy) is 1. The Balaban J connectivity index is 2.84. The maximum Gasteiger partial charge on any atom is 0.326 e. The zero-order valence-corrected chi connectivity index (χ0v) is 11.2. The number of para-hydroxylation sites is 1. The van der Waals surface area contributed by atoms with Crippen LogP contribution in [0, 0.1) is 0 Å². The first-order chi connectivity index (χ1) is 9.10. The summed E-state index contributed by atoms with van der Waals surface area (Å²) >= 11 is 0. The molecule has 19 heavy (non-hydrogen) atoms. The molecule has 1 atom stereocenters. The van der Waals surface area contributed by atoms with Crippen molar-refractivity contribution >= 4 is 11.9 Å². The van der Waals surface area contributed by atoms with Crippen LogP contribution in [-0.2, 0) is 4.79 Å². The highest BCUT2D eigenvalue weighted by molar-refractivity contribution is 5.98. The molecule has 0 bridgehead atoms. The SMILES string of the molecule is CCC[C@H](NC(=O)c1ccccc1OCC)C(=O)O. The highest BCUT2D eigenvalue weighted by Gasteiger charge is 2.21. The number of aliphatic carboxylic acids is 1. The minimum atomic E-state index is -1.02. The molecule has 0 aromatic heterocycles. The Morgan fingerprint density at radius 3 is 2.58 bits per heavy atom. The molecule has 1 aromatic carbocycles. The summed E-state index contributed by atoms with van der Waals surface area (Å²) in [6.07, 6.45) is 1.09. The number of nitrogens with one attached hydrogen (secondary N) is 1. The van der Waals surface area contributed by atoms with Crippen LogP contribution in [-0.4, -0.2) is 29.6 Å². The molecule has 0 saturated heterocycles. The molecule has 0 spiro atoms. The van der Waals surface area contributed by atoms with E-state index in [0.29, 0.717) is 30.8 Å². The minimum absolute atomic E-state index is 0.353. The van der Waals surface area contributed by atoms with Crippen molar-refractivity contribution < 1.29 is 19.4 Å². The van der Waals surface area contributed by atoms with Crippen LogP contribution in [0.4, 0.5) is 0 Å². The third-order valence-electron chi connectivity index (χ3n) is 2.61. The van der Waals surface area contributed by atoms with Gasteiger partial charge in [0.25, 0.3) is 5.91 Å². The fourth-order valence-corrected chi connectivity index (χ4v) is 1.72. The van der Waals surface area contributed by atoms with Crippen LogP contribution in [0.2, 0.25) is 0 Å². The van der Waals surface area contributed by atoms with Gasteiger partial charge in [-0.25, -0.2) is 4.79 Å². The van der Waals surface area contributed by atoms with Gasteiger partial charge in [0.15, 0.2) is 0 Å². The first-order valence-electron chi connectivity index (χ1n) is 6.35. The number of carboxylic acids is 1. The molecule has 2 N–H and O–H groups in total. The fraction of sp³-hybridized carbons (Fsp3) is 0.429. The molecule has 1 aromatic rings. The molecule has 0 radical (unpaired) electrons. The number of carbonyl (C=O) groups excluding carboxylic acids is 1. The van der Waals surface area contributed by atoms with Crippen LogP contribution in [0.1, 0.15) is 37.0 Å². The summed E-state index contributed by atoms with van der Waals surface area (Å²) < 4.78 is 5.35. The maximum absolute atomic E-state index is 12.1. The second-order valence-corrected chi connectivity index (χ2v) is 4.08. The molecular weight excluding hydrogens is 246 g/mol. The van der Waals surface area contributed by atoms with E-state index in [0.717, 1.165) is 0 Å². The molecule has 0 unspecified atom stereocenters. The van der Waals surface area contributed by atoms with Crippen molar-refractivity contribution in [2.75, 3.05) is 6.61 Å². The Morgan fingerprint density at radius 1 is 1.32 bits per heavy atom. The standard InChI is InChI=1S/C14H19NO4/c1-3-7-11(14(17)18)15-13(16)10-8-5-6-9-12(10)19-4-2/h5-6,8-9,11H,3-4,7H2,1-2H3,(H,15,16)(H,17,18)/t11-/m0/s1. The highest BCUT2D eigenvalue weighted by atomic mass is 16.5. The van der Waals surface area contributed by atoms with Crippen molar-refractivity contribution in [1.82, 2.24) is 5.32 Å². The smallest absolute Gasteiger partial charge is 0.326 e. The fourth-order valence-electron chi connectivity index (χ4n) is 1.72. The maximum atomic E-state index is 12.1. The van der Waals surface area contributed by atoms with Crippen molar-refractivity contribution in [3.05, 3.63) is 29.8 Å². The van der Waals surface area contributed by atoms with Gasteiger partial charge >= 0.3 is 5.97 Å². The number of carbonyl (C=O) groups is 2. The zero-order chi connectivity index (χ0) is 14.3. The van der Waals surface area contributed by atoms with E-state index in [1.165, 1.54) is 0 Å². The lowest BCUT2D eigenvalue weighted by molar-refractivity contribution is -0.139. The van der Waals surface area contributed by atoms with Gasteiger partial charge in [0.2, 0.25) is 0 Å². The van der Waals surface area contributed by atoms with E-state index in [2.05, 4.69) is 5.32 Å². The molecule has 5 nitrogen and oxygen atoms in total. The average Bonchev–Trinajstić information content (AvgIpc) is 2.39. The van der Waals surface area contributed by atoms with Gasteiger partial charge in [0.05, 0.1) is 12.2 Å². The van der Waals surface area contributed by atoms with Gasteiger partial charge < -0.3 is 15.2 Å². The summed E-state index contributed by atoms with van der Waals surface area (Å²) in [5.41, 5.74) is 0.353. The van der Waals surface area contributed by atoms with E-state index >= 15 is 0 Å². The predicted molar refractivity (Wildman–Crippen MR) is 71.4 cm³/mol. The second kappa shape index (κ2) is 7.41. The molecule has 0 aliphatic heterocycles. The molecule has 5 heteroatoms. The Morgan fingerprint density at radius 2 is 2.00 bits per heavy atom. The van der Waals surface area contributed by atoms with E-state index in [1.807, 2.05) is 13.8 Å². The number of amides is 1. The van der Waals surface area contributed by atoms with Gasteiger partial charge in [-0.2, -0.15) is 0 Å². The molecule has 0 aliphatic carbocycles. The molecule has 1 rings (SSSR count). The molecule has 0 aliphatic rings. The van der Waals surface area contributed by atoms with Gasteiger partial charge in [-0.3, -0.25) is 4.79 Å². The van der Waals surface area contributed by atoms with Crippen LogP contribution < -0.4 is 10.1 Å². The Labute approximate surface area is 112 Å². The summed E-state index contributed by atoms with van der Waals surface area (Å²) in [6, 6.07) is 5.92. The first-order valence-corrected chi connectivity index (χ1v) is 6.35. The number of carboxylic acid groups (broad SMARTS) is 1. The largest absolute Gasteiger partial charge is 0.493 e. The molecule has 0 fully saturated rings. The van der Waals surface area contributed by atoms with Crippen LogP contribution >= 0.6 is 0 Å². The van der Waals surface area contributed by atoms with Gasteiger partial charge in [-0.15, -0.1) is 0 Å². The lowest BCUT2D eigenvalue weighted by atomic mass is 10.1. The van der Waals surface area contributed by atoms with E-state index in [-0.39, 0.29) is 0 Å². The van der Waals surface area contributed by atoms with Crippen molar-refractivity contribution in [3.63, 3.8) is 0 Å². The predicted octanol–water partition coefficient (Wildman–Crippen LogP) is 2.07. The summed E-state index contributed by atoms with van der Waals surface area (Å²) in [7, 11) is 0. The molecule has 0 saturated carbocycles. The van der Waals surface area contributed by atoms with Gasteiger partial charge in [-0.05, 0) is 25.5 Å². The highest BCUT2D eigenvalue weighted by Crippen LogP contribution is 2.18. The minimum Gasteiger partial charge on any atom is -0.493 e. The van der Waals surface area contributed by atoms with Crippen molar-refractivity contribution in [3.8, 4) is 5.75 Å². The number of hydrogen-bond acceptors (Lipinski definition) is 3. The second-order valence-electron chi connectivity index (χ2n) is 4.08. The van der Waals surface area contributed by atoms with Crippen LogP contribution in [0.5, 0.6) is 5.75 Å². The van der Waals surface area contributed by atoms with E-state index in [9.17, 15) is 9.59 Å². The average molecular weight is 265 g/mol. The Kier molecular flexibility index (Phi) is 5.85. The molecule has 104 valence electrons. The van der Waals surface area contributed by atoms with Crippen LogP contribution in [0.3, 0.4) is 0 Å². The Hall–Kier alpha value is -2.04. The zero-order valence-electron chi connectivity index (χ0n) is 11.2. The van der Waals surface area contributed by atoms with E-state index in [1.54, 1.807) is 24.3 Å². The van der Waals surface area contributed by atoms with Crippen molar-refractivity contribution in [1.29, 1.82) is 0 Å². The quantitative estimate of drug-likeness (QED) is 0.791. The van der Waals surface area contributed by atoms with Crippen LogP contribution in [0.15, 0.2) is 24.3 Å². The van der Waals surface area contributed by atoms with Crippen LogP contribution in [0.25, 0.3) is 0 Å². The number of hydrogen-bond donors (Lipinski definition) is 2. The Bertz CT molecular complexity index is 445. The monoisotopic (exact) mass is 265 g/mol.